The normalized spacial score (nSPS) is 19.0. The van der Waals surface area contributed by atoms with Crippen LogP contribution in [0.4, 0.5) is 0 Å². The number of carbonyl (C=O) groups is 1. The summed E-state index contributed by atoms with van der Waals surface area (Å²) in [5.74, 6) is 0. The van der Waals surface area contributed by atoms with Gasteiger partial charge in [0.25, 0.3) is 0 Å². The molecule has 0 unspecified atom stereocenters. The Hall–Kier alpha value is -2.69. The van der Waals surface area contributed by atoms with Crippen molar-refractivity contribution in [2.75, 3.05) is 39.6 Å². The van der Waals surface area contributed by atoms with Gasteiger partial charge in [0.2, 0.25) is 0 Å². The summed E-state index contributed by atoms with van der Waals surface area (Å²) in [5.41, 5.74) is 13.1. The van der Waals surface area contributed by atoms with Crippen molar-refractivity contribution in [2.45, 2.75) is 116 Å². The van der Waals surface area contributed by atoms with Crippen molar-refractivity contribution < 1.29 is 50.2 Å². The first-order valence-electron chi connectivity index (χ1n) is 19.8. The Morgan fingerprint density at radius 1 is 0.566 bits per heavy atom. The number of benzene rings is 3. The van der Waals surface area contributed by atoms with E-state index in [4.69, 9.17) is 28.4 Å². The van der Waals surface area contributed by atoms with E-state index in [-0.39, 0.29) is 35.9 Å². The number of hydrogen-bond donors (Lipinski definition) is 0. The van der Waals surface area contributed by atoms with Crippen LogP contribution in [0, 0.1) is 0 Å². The molecule has 8 heteroatoms. The molecular formula is C45H58BrO7-. The maximum absolute atomic E-state index is 10.2. The van der Waals surface area contributed by atoms with Gasteiger partial charge in [-0.25, -0.2) is 0 Å². The molecule has 3 saturated heterocycles. The summed E-state index contributed by atoms with van der Waals surface area (Å²) in [6.45, 7) is 6.54. The summed E-state index contributed by atoms with van der Waals surface area (Å²) in [6.07, 6.45) is 21.0. The third-order valence-corrected chi connectivity index (χ3v) is 10.5. The highest BCUT2D eigenvalue weighted by atomic mass is 79.9. The number of ether oxygens (including phenoxy) is 6. The second-order valence-corrected chi connectivity index (χ2v) is 14.3. The molecule has 0 radical (unpaired) electrons. The van der Waals surface area contributed by atoms with E-state index in [0.29, 0.717) is 19.6 Å². The molecule has 0 bridgehead atoms. The van der Waals surface area contributed by atoms with Crippen molar-refractivity contribution in [3.05, 3.63) is 111 Å². The molecule has 3 aromatic carbocycles. The van der Waals surface area contributed by atoms with Crippen LogP contribution in [-0.4, -0.2) is 64.8 Å². The Bertz CT molecular complexity index is 1570. The number of aldehydes is 1. The first-order valence-corrected chi connectivity index (χ1v) is 19.8. The van der Waals surface area contributed by atoms with E-state index in [1.807, 2.05) is 6.08 Å². The molecule has 0 aromatic heterocycles. The van der Waals surface area contributed by atoms with Gasteiger partial charge in [-0.2, -0.15) is 0 Å². The van der Waals surface area contributed by atoms with Crippen LogP contribution in [0.1, 0.15) is 95.5 Å². The molecule has 3 aliphatic carbocycles. The molecule has 0 atom stereocenters. The fourth-order valence-electron chi connectivity index (χ4n) is 7.66. The van der Waals surface area contributed by atoms with Gasteiger partial charge in [0, 0.05) is 12.8 Å². The lowest BCUT2D eigenvalue weighted by molar-refractivity contribution is -0.107. The number of fused-ring (bicyclic) bond motifs is 3. The Morgan fingerprint density at radius 2 is 1.04 bits per heavy atom. The summed E-state index contributed by atoms with van der Waals surface area (Å²) in [4.78, 5) is 10.2. The fourth-order valence-corrected chi connectivity index (χ4v) is 7.66. The molecule has 6 aliphatic rings. The molecule has 53 heavy (non-hydrogen) atoms. The summed E-state index contributed by atoms with van der Waals surface area (Å²) in [6, 6.07) is 20.3. The molecule has 288 valence electrons. The highest BCUT2D eigenvalue weighted by Gasteiger charge is 2.17. The highest BCUT2D eigenvalue weighted by molar-refractivity contribution is 5.53. The molecule has 3 aromatic rings. The standard InChI is InChI=1S/C14H18O2.C14H16O2.C12H14O.C5H10O2.BrH/c2*1-2-12-6-4-11(10-13(12)3-1)5-7-14-15-8-9-16-14;13-8-2-3-10-6-7-11-4-1-5-12(11)9-10;1-2-5-6-3-4-7-5;/h4,6,10,14H,1-3,5,7-9H2;4-7,10,14H,1-3,8-9H2;6-9H,1-5H2;5H,2-4H2,1H3;1H/p-1/b;7-5+;;;. The van der Waals surface area contributed by atoms with Gasteiger partial charge in [0.05, 0.1) is 39.6 Å². The molecular weight excluding hydrogens is 732 g/mol. The van der Waals surface area contributed by atoms with Crippen LogP contribution in [-0.2, 0) is 84.6 Å². The first kappa shape index (κ1) is 41.5. The molecule has 3 aliphatic heterocycles. The van der Waals surface area contributed by atoms with Crippen LogP contribution >= 0.6 is 0 Å². The van der Waals surface area contributed by atoms with Crippen molar-refractivity contribution in [2.24, 2.45) is 0 Å². The Morgan fingerprint density at radius 3 is 1.57 bits per heavy atom. The van der Waals surface area contributed by atoms with Crippen LogP contribution in [0.3, 0.4) is 0 Å². The van der Waals surface area contributed by atoms with E-state index in [1.165, 1.54) is 96.7 Å². The third-order valence-electron chi connectivity index (χ3n) is 10.5. The van der Waals surface area contributed by atoms with E-state index < -0.39 is 0 Å². The molecule has 7 nitrogen and oxygen atoms in total. The molecule has 0 spiro atoms. The summed E-state index contributed by atoms with van der Waals surface area (Å²) in [5, 5.41) is 0. The van der Waals surface area contributed by atoms with E-state index in [0.717, 1.165) is 58.4 Å². The minimum Gasteiger partial charge on any atom is -1.00 e. The molecule has 9 rings (SSSR count). The van der Waals surface area contributed by atoms with Gasteiger partial charge in [-0.1, -0.05) is 67.6 Å². The lowest BCUT2D eigenvalue weighted by atomic mass is 10.0. The summed E-state index contributed by atoms with van der Waals surface area (Å²) in [7, 11) is 0. The van der Waals surface area contributed by atoms with Gasteiger partial charge in [-0.3, -0.25) is 0 Å². The maximum atomic E-state index is 10.2. The SMILES string of the molecule is C(=C\C1OCCO1)/c1ccc2c(c1)CCC2.CCC1OCCO1.O=CCCc1ccc2c(c1)CCC2.[Br-].c1cc2c(cc1CCC1OCCO1)CCC2. The van der Waals surface area contributed by atoms with Crippen LogP contribution in [0.25, 0.3) is 6.08 Å². The molecule has 0 amide bonds. The van der Waals surface area contributed by atoms with Crippen molar-refractivity contribution in [3.8, 4) is 0 Å². The van der Waals surface area contributed by atoms with E-state index in [2.05, 4.69) is 67.6 Å². The fraction of sp³-hybridized carbons (Fsp3) is 0.533. The zero-order valence-corrected chi connectivity index (χ0v) is 33.1. The minimum absolute atomic E-state index is 0. The molecule has 3 fully saturated rings. The summed E-state index contributed by atoms with van der Waals surface area (Å²) < 4.78 is 31.8. The zero-order valence-electron chi connectivity index (χ0n) is 31.5. The lowest BCUT2D eigenvalue weighted by Crippen LogP contribution is -3.00. The molecule has 0 saturated carbocycles. The quantitative estimate of drug-likeness (QED) is 0.279. The second kappa shape index (κ2) is 22.6. The van der Waals surface area contributed by atoms with E-state index in [1.54, 1.807) is 11.1 Å². The largest absolute Gasteiger partial charge is 1.00 e. The Labute approximate surface area is 327 Å². The van der Waals surface area contributed by atoms with Crippen molar-refractivity contribution in [1.82, 2.24) is 0 Å². The highest BCUT2D eigenvalue weighted by Crippen LogP contribution is 2.26. The first-order chi connectivity index (χ1) is 25.7. The smallest absolute Gasteiger partial charge is 0.177 e. The lowest BCUT2D eigenvalue weighted by Gasteiger charge is -2.09. The summed E-state index contributed by atoms with van der Waals surface area (Å²) >= 11 is 0. The number of rotatable bonds is 9. The number of aryl methyl sites for hydroxylation is 8. The average molecular weight is 791 g/mol. The van der Waals surface area contributed by atoms with Crippen LogP contribution in [0.2, 0.25) is 0 Å². The number of carbonyl (C=O) groups excluding carboxylic acids is 1. The van der Waals surface area contributed by atoms with Gasteiger partial charge in [0.15, 0.2) is 18.9 Å². The Kier molecular flexibility index (Phi) is 17.7. The van der Waals surface area contributed by atoms with Gasteiger partial charge in [-0.15, -0.1) is 0 Å². The van der Waals surface area contributed by atoms with Crippen molar-refractivity contribution >= 4 is 12.4 Å². The van der Waals surface area contributed by atoms with Gasteiger partial charge < -0.3 is 50.2 Å². The number of halogens is 1. The minimum atomic E-state index is -0.145. The maximum Gasteiger partial charge on any atom is 0.177 e. The Balaban J connectivity index is 0.000000140. The molecule has 0 N–H and O–H groups in total. The third kappa shape index (κ3) is 13.2. The van der Waals surface area contributed by atoms with Gasteiger partial charge in [0.1, 0.15) is 6.29 Å². The van der Waals surface area contributed by atoms with Crippen molar-refractivity contribution in [1.29, 1.82) is 0 Å². The van der Waals surface area contributed by atoms with Gasteiger partial charge >= 0.3 is 0 Å². The predicted octanol–water partition coefficient (Wildman–Crippen LogP) is 5.12. The van der Waals surface area contributed by atoms with Crippen molar-refractivity contribution in [3.63, 3.8) is 0 Å². The van der Waals surface area contributed by atoms with Crippen LogP contribution < -0.4 is 17.0 Å². The van der Waals surface area contributed by atoms with Crippen LogP contribution in [0.15, 0.2) is 60.7 Å². The topological polar surface area (TPSA) is 72.5 Å². The van der Waals surface area contributed by atoms with E-state index >= 15 is 0 Å². The monoisotopic (exact) mass is 789 g/mol. The molecule has 3 heterocycles. The number of hydrogen-bond acceptors (Lipinski definition) is 7. The predicted molar refractivity (Wildman–Crippen MR) is 205 cm³/mol. The second-order valence-electron chi connectivity index (χ2n) is 14.3. The zero-order chi connectivity index (χ0) is 35.8. The van der Waals surface area contributed by atoms with Crippen LogP contribution in [0.5, 0.6) is 0 Å². The average Bonchev–Trinajstić information content (AvgIpc) is 4.04. The van der Waals surface area contributed by atoms with E-state index in [9.17, 15) is 4.79 Å². The van der Waals surface area contributed by atoms with Gasteiger partial charge in [-0.05, 0) is 133 Å².